The number of amides is 1. The van der Waals surface area contributed by atoms with Crippen LogP contribution in [0.15, 0.2) is 58.1 Å². The molecule has 0 radical (unpaired) electrons. The van der Waals surface area contributed by atoms with E-state index in [0.29, 0.717) is 11.4 Å². The number of para-hydroxylation sites is 1. The van der Waals surface area contributed by atoms with Gasteiger partial charge in [0.2, 0.25) is 11.6 Å². The fourth-order valence-electron chi connectivity index (χ4n) is 2.34. The molecular weight excluding hydrogens is 386 g/mol. The number of hydrogen-bond acceptors (Lipinski definition) is 7. The average Bonchev–Trinajstić information content (AvgIpc) is 3.07. The van der Waals surface area contributed by atoms with E-state index in [9.17, 15) is 14.7 Å². The molecule has 2 aromatic carbocycles. The summed E-state index contributed by atoms with van der Waals surface area (Å²) in [5.74, 6) is -2.04. The molecule has 0 atom stereocenters. The van der Waals surface area contributed by atoms with Crippen LogP contribution in [0.4, 0.5) is 5.69 Å². The minimum Gasteiger partial charge on any atom is -0.538 e. The summed E-state index contributed by atoms with van der Waals surface area (Å²) in [7, 11) is 1.37. The molecule has 1 aromatic heterocycles. The maximum atomic E-state index is 12.3. The normalized spacial score (nSPS) is 10.5. The molecule has 2 N–H and O–H groups in total. The van der Waals surface area contributed by atoms with Crippen LogP contribution < -0.4 is 19.8 Å². The Hall–Kier alpha value is -3.53. The Morgan fingerprint density at radius 3 is 2.71 bits per heavy atom. The Balaban J connectivity index is 1.71. The summed E-state index contributed by atoms with van der Waals surface area (Å²) in [6, 6.07) is 13.0. The number of aromatic carboxylic acids is 1. The summed E-state index contributed by atoms with van der Waals surface area (Å²) >= 11 is 0.971. The van der Waals surface area contributed by atoms with Crippen molar-refractivity contribution in [1.82, 2.24) is 5.27 Å². The highest BCUT2D eigenvalue weighted by Crippen LogP contribution is 2.27. The van der Waals surface area contributed by atoms with Crippen molar-refractivity contribution >= 4 is 29.3 Å². The predicted octanol–water partition coefficient (Wildman–Crippen LogP) is 1.46. The van der Waals surface area contributed by atoms with E-state index in [2.05, 4.69) is 10.6 Å². The molecule has 0 saturated heterocycles. The van der Waals surface area contributed by atoms with Crippen LogP contribution in [0.5, 0.6) is 11.7 Å². The first-order chi connectivity index (χ1) is 13.5. The van der Waals surface area contributed by atoms with E-state index in [1.807, 2.05) is 6.07 Å². The molecule has 0 saturated carbocycles. The topological polar surface area (TPSA) is 129 Å². The molecule has 0 aliphatic carbocycles. The lowest BCUT2D eigenvalue weighted by Gasteiger charge is -2.10. The largest absolute Gasteiger partial charge is 0.538 e. The number of methoxy groups -OCH3 is 1. The van der Waals surface area contributed by atoms with Crippen LogP contribution in [0.2, 0.25) is 0 Å². The Labute approximate surface area is 163 Å². The lowest BCUT2D eigenvalue weighted by molar-refractivity contribution is -0.705. The van der Waals surface area contributed by atoms with Gasteiger partial charge < -0.3 is 24.8 Å². The second-order valence-electron chi connectivity index (χ2n) is 5.47. The quantitative estimate of drug-likeness (QED) is 0.450. The minimum absolute atomic E-state index is 0.0357. The smallest absolute Gasteiger partial charge is 0.335 e. The van der Waals surface area contributed by atoms with Crippen molar-refractivity contribution in [3.8, 4) is 17.4 Å². The molecule has 28 heavy (non-hydrogen) atoms. The van der Waals surface area contributed by atoms with E-state index in [1.165, 1.54) is 30.0 Å². The summed E-state index contributed by atoms with van der Waals surface area (Å²) in [6.45, 7) is 0. The fourth-order valence-corrected chi connectivity index (χ4v) is 3.10. The summed E-state index contributed by atoms with van der Waals surface area (Å²) in [4.78, 5) is 23.3. The van der Waals surface area contributed by atoms with Crippen molar-refractivity contribution in [3.63, 3.8) is 0 Å². The average molecular weight is 401 g/mol. The van der Waals surface area contributed by atoms with Gasteiger partial charge in [0.15, 0.2) is 5.95 Å². The lowest BCUT2D eigenvalue weighted by atomic mass is 10.2. The second kappa shape index (κ2) is 8.44. The summed E-state index contributed by atoms with van der Waals surface area (Å²) in [6.07, 6.45) is 0. The van der Waals surface area contributed by atoms with Crippen molar-refractivity contribution in [3.05, 3.63) is 54.1 Å². The minimum atomic E-state index is -1.10. The van der Waals surface area contributed by atoms with Crippen LogP contribution in [0, 0.1) is 0 Å². The molecule has 0 spiro atoms. The first kappa shape index (κ1) is 19.2. The predicted molar refractivity (Wildman–Crippen MR) is 96.8 cm³/mol. The number of carbonyl (C=O) groups is 2. The number of ether oxygens (including phenoxy) is 1. The number of carboxylic acid groups (broad SMARTS) is 1. The number of aromatic nitrogens is 2. The third-order valence-electron chi connectivity index (χ3n) is 3.64. The van der Waals surface area contributed by atoms with Crippen molar-refractivity contribution in [1.29, 1.82) is 0 Å². The van der Waals surface area contributed by atoms with Gasteiger partial charge >= 0.3 is 5.97 Å². The van der Waals surface area contributed by atoms with Gasteiger partial charge in [-0.05, 0) is 34.6 Å². The third-order valence-corrected chi connectivity index (χ3v) is 4.66. The van der Waals surface area contributed by atoms with Crippen LogP contribution in [-0.4, -0.2) is 35.1 Å². The van der Waals surface area contributed by atoms with Gasteiger partial charge in [-0.3, -0.25) is 4.79 Å². The molecule has 9 nitrogen and oxygen atoms in total. The zero-order valence-electron chi connectivity index (χ0n) is 14.6. The zero-order valence-corrected chi connectivity index (χ0v) is 15.4. The first-order valence-corrected chi connectivity index (χ1v) is 8.96. The highest BCUT2D eigenvalue weighted by Gasteiger charge is 2.22. The van der Waals surface area contributed by atoms with Crippen molar-refractivity contribution in [2.75, 3.05) is 18.2 Å². The van der Waals surface area contributed by atoms with Crippen LogP contribution in [0.3, 0.4) is 0 Å². The Morgan fingerprint density at radius 1 is 1.29 bits per heavy atom. The number of thioether (sulfide) groups is 1. The second-order valence-corrected chi connectivity index (χ2v) is 6.43. The van der Waals surface area contributed by atoms with E-state index in [-0.39, 0.29) is 22.1 Å². The monoisotopic (exact) mass is 401 g/mol. The number of nitrogens with one attached hydrogen (secondary N) is 1. The molecular formula is C18H15N3O6S. The highest BCUT2D eigenvalue weighted by atomic mass is 32.2. The van der Waals surface area contributed by atoms with E-state index in [1.54, 1.807) is 24.3 Å². The van der Waals surface area contributed by atoms with Crippen molar-refractivity contribution in [2.45, 2.75) is 5.03 Å². The van der Waals surface area contributed by atoms with Gasteiger partial charge in [0, 0.05) is 12.1 Å². The van der Waals surface area contributed by atoms with Gasteiger partial charge in [-0.1, -0.05) is 18.2 Å². The third kappa shape index (κ3) is 4.23. The number of carbonyl (C=O) groups excluding carboxylic acids is 1. The van der Waals surface area contributed by atoms with Gasteiger partial charge in [-0.15, -0.1) is 0 Å². The van der Waals surface area contributed by atoms with Crippen LogP contribution in [-0.2, 0) is 4.79 Å². The number of carboxylic acids is 1. The molecule has 0 aliphatic heterocycles. The fraction of sp³-hybridized carbons (Fsp3) is 0.111. The van der Waals surface area contributed by atoms with Crippen LogP contribution in [0.1, 0.15) is 10.4 Å². The van der Waals surface area contributed by atoms with E-state index in [4.69, 9.17) is 14.4 Å². The number of hydrogen-bond donors (Lipinski definition) is 2. The number of benzene rings is 2. The standard InChI is InChI=1S/C18H15N3O6S/c1-26-14-9-11(17(23)24)7-8-13(14)19-15(22)10-28-16-18(25)27-20-21(16)12-5-3-2-4-6-12/h2-9H,10H2,1H3,(H2-,19,20,22,23,24,25). The maximum absolute atomic E-state index is 12.3. The van der Waals surface area contributed by atoms with Gasteiger partial charge in [0.05, 0.1) is 29.4 Å². The molecule has 0 fully saturated rings. The highest BCUT2D eigenvalue weighted by molar-refractivity contribution is 7.99. The van der Waals surface area contributed by atoms with E-state index in [0.717, 1.165) is 11.8 Å². The van der Waals surface area contributed by atoms with Gasteiger partial charge in [-0.25, -0.2) is 4.79 Å². The SMILES string of the molecule is COc1cc(C(=O)O)ccc1NC(=O)CSc1c([O-])on[n+]1-c1ccccc1. The molecule has 3 rings (SSSR count). The molecule has 0 unspecified atom stereocenters. The van der Waals surface area contributed by atoms with Crippen molar-refractivity contribution < 1.29 is 33.7 Å². The van der Waals surface area contributed by atoms with Gasteiger partial charge in [-0.2, -0.15) is 0 Å². The molecule has 1 heterocycles. The van der Waals surface area contributed by atoms with E-state index < -0.39 is 17.8 Å². The zero-order chi connectivity index (χ0) is 20.1. The van der Waals surface area contributed by atoms with Gasteiger partial charge in [0.1, 0.15) is 5.75 Å². The van der Waals surface area contributed by atoms with Gasteiger partial charge in [0.25, 0.3) is 5.03 Å². The molecule has 144 valence electrons. The van der Waals surface area contributed by atoms with Crippen LogP contribution >= 0.6 is 11.8 Å². The lowest BCUT2D eigenvalue weighted by Crippen LogP contribution is -2.35. The van der Waals surface area contributed by atoms with Crippen molar-refractivity contribution in [2.24, 2.45) is 0 Å². The number of rotatable bonds is 7. The summed E-state index contributed by atoms with van der Waals surface area (Å²) in [5.41, 5.74) is 0.984. The summed E-state index contributed by atoms with van der Waals surface area (Å²) in [5, 5.41) is 27.4. The number of nitrogens with zero attached hydrogens (tertiary/aromatic N) is 2. The first-order valence-electron chi connectivity index (χ1n) is 7.98. The Bertz CT molecular complexity index is 1010. The molecule has 10 heteroatoms. The molecule has 1 amide bonds. The Morgan fingerprint density at radius 2 is 2.04 bits per heavy atom. The molecule has 3 aromatic rings. The van der Waals surface area contributed by atoms with E-state index >= 15 is 0 Å². The van der Waals surface area contributed by atoms with Crippen LogP contribution in [0.25, 0.3) is 5.69 Å². The maximum Gasteiger partial charge on any atom is 0.335 e. The summed E-state index contributed by atoms with van der Waals surface area (Å²) < 4.78 is 11.1. The molecule has 0 aliphatic rings. The number of anilines is 1. The molecule has 0 bridgehead atoms. The Kier molecular flexibility index (Phi) is 5.80.